The van der Waals surface area contributed by atoms with Crippen LogP contribution >= 0.6 is 0 Å². The molecule has 7 nitrogen and oxygen atoms in total. The van der Waals surface area contributed by atoms with Gasteiger partial charge >= 0.3 is 0 Å². The number of methoxy groups -OCH3 is 1. The van der Waals surface area contributed by atoms with Crippen molar-refractivity contribution in [2.24, 2.45) is 0 Å². The van der Waals surface area contributed by atoms with Crippen molar-refractivity contribution in [3.8, 4) is 5.75 Å². The number of hydrogen-bond acceptors (Lipinski definition) is 6. The summed E-state index contributed by atoms with van der Waals surface area (Å²) in [6, 6.07) is 7.83. The first-order chi connectivity index (χ1) is 13.4. The first kappa shape index (κ1) is 20.9. The number of sulfone groups is 1. The highest BCUT2D eigenvalue weighted by atomic mass is 32.2. The molecule has 0 N–H and O–H groups in total. The first-order valence-corrected chi connectivity index (χ1v) is 11.9. The lowest BCUT2D eigenvalue weighted by Crippen LogP contribution is -2.52. The van der Waals surface area contributed by atoms with E-state index in [1.807, 2.05) is 25.1 Å². The van der Waals surface area contributed by atoms with E-state index in [4.69, 9.17) is 4.74 Å². The van der Waals surface area contributed by atoms with Gasteiger partial charge in [0.1, 0.15) is 5.75 Å². The monoisotopic (exact) mass is 409 g/mol. The topological polar surface area (TPSA) is 70.2 Å². The van der Waals surface area contributed by atoms with Gasteiger partial charge in [-0.15, -0.1) is 0 Å². The van der Waals surface area contributed by atoms with Crippen LogP contribution in [0.5, 0.6) is 5.75 Å². The van der Waals surface area contributed by atoms with E-state index in [1.165, 1.54) is 0 Å². The second kappa shape index (κ2) is 9.13. The molecule has 2 saturated heterocycles. The van der Waals surface area contributed by atoms with E-state index in [0.29, 0.717) is 19.5 Å². The lowest BCUT2D eigenvalue weighted by atomic mass is 10.2. The van der Waals surface area contributed by atoms with Gasteiger partial charge < -0.3 is 14.5 Å². The third-order valence-electron chi connectivity index (χ3n) is 5.59. The fourth-order valence-electron chi connectivity index (χ4n) is 4.09. The number of nitrogens with zero attached hydrogens (tertiary/aromatic N) is 3. The maximum atomic E-state index is 12.9. The predicted molar refractivity (Wildman–Crippen MR) is 111 cm³/mol. The fourth-order valence-corrected chi connectivity index (χ4v) is 5.82. The van der Waals surface area contributed by atoms with Gasteiger partial charge in [-0.25, -0.2) is 8.42 Å². The van der Waals surface area contributed by atoms with Gasteiger partial charge in [0, 0.05) is 38.8 Å². The maximum Gasteiger partial charge on any atom is 0.237 e. The third kappa shape index (κ3) is 4.97. The molecule has 0 unspecified atom stereocenters. The average Bonchev–Trinajstić information content (AvgIpc) is 3.06. The molecule has 2 fully saturated rings. The van der Waals surface area contributed by atoms with E-state index in [2.05, 4.69) is 15.9 Å². The minimum Gasteiger partial charge on any atom is -0.495 e. The van der Waals surface area contributed by atoms with Crippen molar-refractivity contribution < 1.29 is 17.9 Å². The van der Waals surface area contributed by atoms with Gasteiger partial charge in [0.15, 0.2) is 9.84 Å². The summed E-state index contributed by atoms with van der Waals surface area (Å²) in [6.45, 7) is 6.27. The van der Waals surface area contributed by atoms with Crippen molar-refractivity contribution in [3.63, 3.8) is 0 Å². The van der Waals surface area contributed by atoms with Gasteiger partial charge in [0.05, 0.1) is 30.8 Å². The van der Waals surface area contributed by atoms with Gasteiger partial charge in [0.25, 0.3) is 0 Å². The molecule has 3 rings (SSSR count). The van der Waals surface area contributed by atoms with Gasteiger partial charge in [0.2, 0.25) is 5.91 Å². The van der Waals surface area contributed by atoms with Gasteiger partial charge in [-0.2, -0.15) is 0 Å². The second-order valence-corrected chi connectivity index (χ2v) is 9.81. The van der Waals surface area contributed by atoms with Crippen molar-refractivity contribution in [2.45, 2.75) is 25.8 Å². The molecule has 1 atom stereocenters. The van der Waals surface area contributed by atoms with Gasteiger partial charge in [-0.3, -0.25) is 9.69 Å². The van der Waals surface area contributed by atoms with Crippen molar-refractivity contribution in [1.29, 1.82) is 0 Å². The third-order valence-corrected chi connectivity index (χ3v) is 7.34. The van der Waals surface area contributed by atoms with Crippen molar-refractivity contribution in [2.75, 3.05) is 62.8 Å². The Morgan fingerprint density at radius 3 is 2.54 bits per heavy atom. The lowest BCUT2D eigenvalue weighted by molar-refractivity contribution is -0.134. The molecule has 1 aromatic carbocycles. The van der Waals surface area contributed by atoms with E-state index in [0.717, 1.165) is 44.0 Å². The molecule has 0 saturated carbocycles. The summed E-state index contributed by atoms with van der Waals surface area (Å²) >= 11 is 0. The van der Waals surface area contributed by atoms with Crippen LogP contribution in [-0.2, 0) is 14.6 Å². The second-order valence-electron chi connectivity index (χ2n) is 7.58. The Morgan fingerprint density at radius 2 is 1.93 bits per heavy atom. The normalized spacial score (nSPS) is 22.2. The summed E-state index contributed by atoms with van der Waals surface area (Å²) in [5.74, 6) is 1.22. The molecule has 2 aliphatic heterocycles. The summed E-state index contributed by atoms with van der Waals surface area (Å²) in [5.41, 5.74) is 1.08. The quantitative estimate of drug-likeness (QED) is 0.675. The molecule has 8 heteroatoms. The van der Waals surface area contributed by atoms with Crippen LogP contribution in [0.25, 0.3) is 0 Å². The largest absolute Gasteiger partial charge is 0.495 e. The van der Waals surface area contributed by atoms with Crippen LogP contribution in [0.15, 0.2) is 24.3 Å². The van der Waals surface area contributed by atoms with Crippen LogP contribution in [0.3, 0.4) is 0 Å². The van der Waals surface area contributed by atoms with Crippen LogP contribution in [0, 0.1) is 0 Å². The summed E-state index contributed by atoms with van der Waals surface area (Å²) in [6.07, 6.45) is 1.40. The number of rotatable bonds is 7. The van der Waals surface area contributed by atoms with E-state index >= 15 is 0 Å². The molecular weight excluding hydrogens is 378 g/mol. The number of piperazine rings is 1. The predicted octanol–water partition coefficient (Wildman–Crippen LogP) is 1.24. The molecule has 0 aromatic heterocycles. The molecule has 0 aliphatic carbocycles. The number of para-hydroxylation sites is 2. The fraction of sp³-hybridized carbons (Fsp3) is 0.650. The number of amides is 1. The molecule has 28 heavy (non-hydrogen) atoms. The van der Waals surface area contributed by atoms with E-state index < -0.39 is 9.84 Å². The average molecular weight is 410 g/mol. The zero-order valence-electron chi connectivity index (χ0n) is 16.8. The Hall–Kier alpha value is -1.80. The van der Waals surface area contributed by atoms with Crippen molar-refractivity contribution >= 4 is 21.4 Å². The lowest BCUT2D eigenvalue weighted by Gasteiger charge is -2.37. The van der Waals surface area contributed by atoms with Crippen LogP contribution < -0.4 is 9.64 Å². The molecular formula is C20H31N3O4S. The number of hydrogen-bond donors (Lipinski definition) is 0. The first-order valence-electron chi connectivity index (χ1n) is 10.0. The minimum atomic E-state index is -3.00. The molecule has 0 radical (unpaired) electrons. The highest BCUT2D eigenvalue weighted by molar-refractivity contribution is 7.91. The van der Waals surface area contributed by atoms with E-state index in [-0.39, 0.29) is 23.5 Å². The zero-order chi connectivity index (χ0) is 20.1. The summed E-state index contributed by atoms with van der Waals surface area (Å²) in [5, 5.41) is 0. The maximum absolute atomic E-state index is 12.9. The molecule has 0 bridgehead atoms. The number of carbonyl (C=O) groups excluding carboxylic acids is 1. The highest BCUT2D eigenvalue weighted by Gasteiger charge is 2.34. The summed E-state index contributed by atoms with van der Waals surface area (Å²) in [7, 11) is -1.32. The van der Waals surface area contributed by atoms with Crippen LogP contribution in [0.1, 0.15) is 19.8 Å². The Bertz CT molecular complexity index is 775. The molecule has 2 aliphatic rings. The Balaban J connectivity index is 1.56. The highest BCUT2D eigenvalue weighted by Crippen LogP contribution is 2.28. The minimum absolute atomic E-state index is 0.0506. The molecule has 0 spiro atoms. The van der Waals surface area contributed by atoms with Crippen LogP contribution in [0.4, 0.5) is 5.69 Å². The summed E-state index contributed by atoms with van der Waals surface area (Å²) < 4.78 is 29.1. The SMILES string of the molecule is CCCN(C(=O)CN1CCN(c2ccccc2OC)CC1)[C@H]1CCS(=O)(=O)C1. The molecule has 1 amide bonds. The Labute approximate surface area is 168 Å². The van der Waals surface area contributed by atoms with Crippen LogP contribution in [0.2, 0.25) is 0 Å². The number of benzene rings is 1. The Kier molecular flexibility index (Phi) is 6.82. The van der Waals surface area contributed by atoms with Gasteiger partial charge in [-0.1, -0.05) is 19.1 Å². The van der Waals surface area contributed by atoms with E-state index in [1.54, 1.807) is 12.0 Å². The standard InChI is InChI=1S/C20H31N3O4S/c1-3-9-23(17-8-14-28(25,26)16-17)20(24)15-21-10-12-22(13-11-21)18-6-4-5-7-19(18)27-2/h4-7,17H,3,8-16H2,1-2H3/t17-/m0/s1. The molecule has 156 valence electrons. The zero-order valence-corrected chi connectivity index (χ0v) is 17.7. The molecule has 2 heterocycles. The van der Waals surface area contributed by atoms with Crippen molar-refractivity contribution in [3.05, 3.63) is 24.3 Å². The number of carbonyl (C=O) groups is 1. The summed E-state index contributed by atoms with van der Waals surface area (Å²) in [4.78, 5) is 19.2. The Morgan fingerprint density at radius 1 is 1.21 bits per heavy atom. The molecule has 1 aromatic rings. The number of ether oxygens (including phenoxy) is 1. The van der Waals surface area contributed by atoms with Gasteiger partial charge in [-0.05, 0) is 25.0 Å². The van der Waals surface area contributed by atoms with Crippen LogP contribution in [-0.4, -0.2) is 88.1 Å². The van der Waals surface area contributed by atoms with E-state index in [9.17, 15) is 13.2 Å². The van der Waals surface area contributed by atoms with Crippen molar-refractivity contribution in [1.82, 2.24) is 9.80 Å². The smallest absolute Gasteiger partial charge is 0.237 e. The number of anilines is 1.